The third-order valence-electron chi connectivity index (χ3n) is 3.95. The van der Waals surface area contributed by atoms with E-state index in [-0.39, 0.29) is 5.97 Å². The maximum Gasteiger partial charge on any atom is 0.340 e. The molecule has 0 atom stereocenters. The molecule has 1 heterocycles. The van der Waals surface area contributed by atoms with Gasteiger partial charge in [0.15, 0.2) is 0 Å². The lowest BCUT2D eigenvalue weighted by Gasteiger charge is -2.38. The number of nitrogen functional groups attached to an aromatic ring is 1. The number of hydrogen-bond donors (Lipinski definition) is 1. The third kappa shape index (κ3) is 3.31. The van der Waals surface area contributed by atoms with Crippen molar-refractivity contribution in [3.63, 3.8) is 0 Å². The Hall–Kier alpha value is -1.55. The highest BCUT2D eigenvalue weighted by Gasteiger charge is 2.27. The normalized spacial score (nSPS) is 18.8. The molecule has 110 valence electrons. The molecule has 1 aliphatic rings. The van der Waals surface area contributed by atoms with E-state index in [1.165, 1.54) is 20.0 Å². The van der Waals surface area contributed by atoms with E-state index in [4.69, 9.17) is 10.5 Å². The number of hydrogen-bond acceptors (Lipinski definition) is 4. The summed E-state index contributed by atoms with van der Waals surface area (Å²) in [5.74, 6) is -0.352. The lowest BCUT2D eigenvalue weighted by Crippen LogP contribution is -2.39. The summed E-state index contributed by atoms with van der Waals surface area (Å²) < 4.78 is 4.85. The number of anilines is 1. The average Bonchev–Trinajstić information content (AvgIpc) is 2.37. The Bertz CT molecular complexity index is 497. The van der Waals surface area contributed by atoms with Crippen molar-refractivity contribution in [2.75, 3.05) is 25.9 Å². The SMILES string of the molecule is COC(=O)c1c(N)cccc1CN1CCCC(C)(C)C1. The summed E-state index contributed by atoms with van der Waals surface area (Å²) in [5.41, 5.74) is 8.23. The number of nitrogens with zero attached hydrogens (tertiary/aromatic N) is 1. The molecule has 0 amide bonds. The first-order chi connectivity index (χ1) is 9.43. The van der Waals surface area contributed by atoms with Gasteiger partial charge in [0.2, 0.25) is 0 Å². The van der Waals surface area contributed by atoms with Crippen molar-refractivity contribution in [3.8, 4) is 0 Å². The first-order valence-electron chi connectivity index (χ1n) is 7.11. The van der Waals surface area contributed by atoms with Crippen LogP contribution in [0.3, 0.4) is 0 Å². The highest BCUT2D eigenvalue weighted by molar-refractivity contribution is 5.96. The quantitative estimate of drug-likeness (QED) is 0.681. The second-order valence-electron chi connectivity index (χ2n) is 6.35. The van der Waals surface area contributed by atoms with E-state index < -0.39 is 0 Å². The Morgan fingerprint density at radius 2 is 2.20 bits per heavy atom. The van der Waals surface area contributed by atoms with Crippen molar-refractivity contribution < 1.29 is 9.53 Å². The Labute approximate surface area is 120 Å². The number of ether oxygens (including phenoxy) is 1. The monoisotopic (exact) mass is 276 g/mol. The number of nitrogens with two attached hydrogens (primary N) is 1. The zero-order valence-corrected chi connectivity index (χ0v) is 12.6. The zero-order valence-electron chi connectivity index (χ0n) is 12.6. The molecule has 1 aromatic carbocycles. The van der Waals surface area contributed by atoms with Crippen LogP contribution < -0.4 is 5.73 Å². The number of likely N-dealkylation sites (tertiary alicyclic amines) is 1. The summed E-state index contributed by atoms with van der Waals surface area (Å²) in [6.45, 7) is 7.44. The van der Waals surface area contributed by atoms with Crippen LogP contribution in [0.4, 0.5) is 5.69 Å². The van der Waals surface area contributed by atoms with Crippen molar-refractivity contribution >= 4 is 11.7 Å². The zero-order chi connectivity index (χ0) is 14.8. The second kappa shape index (κ2) is 5.83. The Kier molecular flexibility index (Phi) is 4.33. The number of esters is 1. The molecule has 0 aliphatic carbocycles. The molecule has 2 rings (SSSR count). The second-order valence-corrected chi connectivity index (χ2v) is 6.35. The number of methoxy groups -OCH3 is 1. The molecule has 20 heavy (non-hydrogen) atoms. The van der Waals surface area contributed by atoms with Crippen molar-refractivity contribution in [2.45, 2.75) is 33.2 Å². The van der Waals surface area contributed by atoms with Gasteiger partial charge in [-0.3, -0.25) is 4.90 Å². The van der Waals surface area contributed by atoms with Crippen LogP contribution in [0.2, 0.25) is 0 Å². The number of rotatable bonds is 3. The van der Waals surface area contributed by atoms with Crippen LogP contribution in [0.5, 0.6) is 0 Å². The van der Waals surface area contributed by atoms with Gasteiger partial charge in [-0.1, -0.05) is 26.0 Å². The third-order valence-corrected chi connectivity index (χ3v) is 3.95. The van der Waals surface area contributed by atoms with Crippen LogP contribution in [0.25, 0.3) is 0 Å². The smallest absolute Gasteiger partial charge is 0.340 e. The molecule has 0 saturated carbocycles. The first-order valence-corrected chi connectivity index (χ1v) is 7.11. The molecule has 4 heteroatoms. The fourth-order valence-corrected chi connectivity index (χ4v) is 3.02. The number of carbonyl (C=O) groups excluding carboxylic acids is 1. The summed E-state index contributed by atoms with van der Waals surface area (Å²) >= 11 is 0. The van der Waals surface area contributed by atoms with E-state index in [2.05, 4.69) is 18.7 Å². The minimum Gasteiger partial charge on any atom is -0.465 e. The summed E-state index contributed by atoms with van der Waals surface area (Å²) in [6.07, 6.45) is 2.45. The van der Waals surface area contributed by atoms with Gasteiger partial charge < -0.3 is 10.5 Å². The lowest BCUT2D eigenvalue weighted by molar-refractivity contribution is 0.0597. The fraction of sp³-hybridized carbons (Fsp3) is 0.562. The number of benzene rings is 1. The number of carbonyl (C=O) groups is 1. The van der Waals surface area contributed by atoms with Crippen molar-refractivity contribution in [2.24, 2.45) is 5.41 Å². The molecular formula is C16H24N2O2. The molecule has 0 radical (unpaired) electrons. The van der Waals surface area contributed by atoms with Gasteiger partial charge in [0.25, 0.3) is 0 Å². The minimum atomic E-state index is -0.352. The van der Waals surface area contributed by atoms with Gasteiger partial charge in [0.05, 0.1) is 12.7 Å². The Morgan fingerprint density at radius 1 is 1.45 bits per heavy atom. The highest BCUT2D eigenvalue weighted by Crippen LogP contribution is 2.30. The average molecular weight is 276 g/mol. The molecule has 0 unspecified atom stereocenters. The Balaban J connectivity index is 2.21. The van der Waals surface area contributed by atoms with Crippen LogP contribution in [0.15, 0.2) is 18.2 Å². The van der Waals surface area contributed by atoms with Crippen molar-refractivity contribution in [3.05, 3.63) is 29.3 Å². The molecule has 4 nitrogen and oxygen atoms in total. The maximum atomic E-state index is 11.9. The van der Waals surface area contributed by atoms with Crippen LogP contribution in [0.1, 0.15) is 42.6 Å². The van der Waals surface area contributed by atoms with E-state index in [1.54, 1.807) is 6.07 Å². The molecule has 1 saturated heterocycles. The van der Waals surface area contributed by atoms with Crippen LogP contribution in [0, 0.1) is 5.41 Å². The largest absolute Gasteiger partial charge is 0.465 e. The summed E-state index contributed by atoms with van der Waals surface area (Å²) in [4.78, 5) is 14.3. The topological polar surface area (TPSA) is 55.6 Å². The first kappa shape index (κ1) is 14.9. The minimum absolute atomic E-state index is 0.337. The standard InChI is InChI=1S/C16H24N2O2/c1-16(2)8-5-9-18(11-16)10-12-6-4-7-13(17)14(12)15(19)20-3/h4,6-7H,5,8-11,17H2,1-3H3. The van der Waals surface area contributed by atoms with Crippen LogP contribution >= 0.6 is 0 Å². The molecule has 2 N–H and O–H groups in total. The van der Waals surface area contributed by atoms with Gasteiger partial charge in [0.1, 0.15) is 0 Å². The Morgan fingerprint density at radius 3 is 2.85 bits per heavy atom. The highest BCUT2D eigenvalue weighted by atomic mass is 16.5. The van der Waals surface area contributed by atoms with Gasteiger partial charge in [-0.25, -0.2) is 4.79 Å². The van der Waals surface area contributed by atoms with Crippen molar-refractivity contribution in [1.82, 2.24) is 4.90 Å². The fourth-order valence-electron chi connectivity index (χ4n) is 3.02. The molecular weight excluding hydrogens is 252 g/mol. The van der Waals surface area contributed by atoms with Gasteiger partial charge in [-0.2, -0.15) is 0 Å². The molecule has 0 bridgehead atoms. The van der Waals surface area contributed by atoms with Crippen molar-refractivity contribution in [1.29, 1.82) is 0 Å². The lowest BCUT2D eigenvalue weighted by atomic mass is 9.84. The van der Waals surface area contributed by atoms with Gasteiger partial charge >= 0.3 is 5.97 Å². The van der Waals surface area contributed by atoms with Crippen LogP contribution in [-0.2, 0) is 11.3 Å². The summed E-state index contributed by atoms with van der Waals surface area (Å²) in [7, 11) is 1.39. The van der Waals surface area contributed by atoms with E-state index in [9.17, 15) is 4.79 Å². The van der Waals surface area contributed by atoms with Crippen LogP contribution in [-0.4, -0.2) is 31.1 Å². The molecule has 1 aliphatic heterocycles. The maximum absolute atomic E-state index is 11.9. The van der Waals surface area contributed by atoms with Gasteiger partial charge in [-0.05, 0) is 36.4 Å². The number of piperidine rings is 1. The van der Waals surface area contributed by atoms with E-state index >= 15 is 0 Å². The van der Waals surface area contributed by atoms with E-state index in [1.807, 2.05) is 12.1 Å². The summed E-state index contributed by atoms with van der Waals surface area (Å²) in [6, 6.07) is 5.60. The molecule has 1 aromatic rings. The van der Waals surface area contributed by atoms with Gasteiger partial charge in [-0.15, -0.1) is 0 Å². The van der Waals surface area contributed by atoms with E-state index in [0.717, 1.165) is 25.2 Å². The molecule has 1 fully saturated rings. The predicted molar refractivity (Wildman–Crippen MR) is 80.5 cm³/mol. The molecule has 0 spiro atoms. The summed E-state index contributed by atoms with van der Waals surface area (Å²) in [5, 5.41) is 0. The molecule has 0 aromatic heterocycles. The van der Waals surface area contributed by atoms with Gasteiger partial charge in [0, 0.05) is 18.8 Å². The predicted octanol–water partition coefficient (Wildman–Crippen LogP) is 2.68. The van der Waals surface area contributed by atoms with E-state index in [0.29, 0.717) is 16.7 Å².